The third kappa shape index (κ3) is 2.03. The van der Waals surface area contributed by atoms with Gasteiger partial charge < -0.3 is 10.0 Å². The van der Waals surface area contributed by atoms with Gasteiger partial charge in [-0.2, -0.15) is 0 Å². The maximum absolute atomic E-state index is 12.4. The van der Waals surface area contributed by atoms with Crippen LogP contribution in [-0.2, 0) is 6.42 Å². The summed E-state index contributed by atoms with van der Waals surface area (Å²) in [6, 6.07) is 0. The van der Waals surface area contributed by atoms with E-state index in [4.69, 9.17) is 0 Å². The number of rotatable bonds is 2. The number of amides is 1. The van der Waals surface area contributed by atoms with E-state index in [1.807, 2.05) is 20.8 Å². The van der Waals surface area contributed by atoms with Gasteiger partial charge in [0.2, 0.25) is 0 Å². The molecule has 6 heteroatoms. The van der Waals surface area contributed by atoms with Crippen LogP contribution in [0.2, 0.25) is 0 Å². The number of aliphatic hydroxyl groups is 1. The predicted molar refractivity (Wildman–Crippen MR) is 69.6 cm³/mol. The lowest BCUT2D eigenvalue weighted by Gasteiger charge is -2.30. The molecule has 0 aliphatic carbocycles. The predicted octanol–water partition coefficient (Wildman–Crippen LogP) is 1.33. The molecular formula is C12H19N3O2S. The van der Waals surface area contributed by atoms with Gasteiger partial charge >= 0.3 is 0 Å². The number of carbonyl (C=O) groups is 1. The Hall–Kier alpha value is -1.01. The van der Waals surface area contributed by atoms with Crippen LogP contribution in [0.3, 0.4) is 0 Å². The van der Waals surface area contributed by atoms with Crippen LogP contribution in [0.5, 0.6) is 0 Å². The minimum Gasteiger partial charge on any atom is -0.388 e. The Balaban J connectivity index is 2.23. The molecule has 1 aromatic rings. The van der Waals surface area contributed by atoms with Crippen LogP contribution in [0, 0.1) is 5.41 Å². The monoisotopic (exact) mass is 269 g/mol. The summed E-state index contributed by atoms with van der Waals surface area (Å²) in [5.74, 6) is -0.0623. The number of likely N-dealkylation sites (tertiary alicyclic amines) is 1. The van der Waals surface area contributed by atoms with E-state index in [-0.39, 0.29) is 11.3 Å². The number of nitrogens with zero attached hydrogens (tertiary/aromatic N) is 3. The lowest BCUT2D eigenvalue weighted by Crippen LogP contribution is -2.40. The maximum Gasteiger partial charge on any atom is 0.267 e. The van der Waals surface area contributed by atoms with E-state index < -0.39 is 5.60 Å². The van der Waals surface area contributed by atoms with Gasteiger partial charge in [-0.15, -0.1) is 5.10 Å². The van der Waals surface area contributed by atoms with E-state index >= 15 is 0 Å². The third-order valence-corrected chi connectivity index (χ3v) is 4.67. The van der Waals surface area contributed by atoms with Crippen LogP contribution in [0.25, 0.3) is 0 Å². The van der Waals surface area contributed by atoms with Gasteiger partial charge in [0.25, 0.3) is 5.91 Å². The molecular weight excluding hydrogens is 250 g/mol. The van der Waals surface area contributed by atoms with E-state index in [1.54, 1.807) is 11.8 Å². The Morgan fingerprint density at radius 2 is 2.11 bits per heavy atom. The molecule has 1 aliphatic rings. The largest absolute Gasteiger partial charge is 0.388 e. The molecule has 0 unspecified atom stereocenters. The molecule has 0 aromatic carbocycles. The van der Waals surface area contributed by atoms with E-state index in [2.05, 4.69) is 9.59 Å². The van der Waals surface area contributed by atoms with Gasteiger partial charge in [-0.3, -0.25) is 4.79 Å². The SMILES string of the molecule is CCc1nnsc1C(=O)N1CC(C)(C)[C@](C)(O)C1. The van der Waals surface area contributed by atoms with Gasteiger partial charge in [-0.25, -0.2) is 0 Å². The minimum absolute atomic E-state index is 0.0623. The molecule has 0 bridgehead atoms. The van der Waals surface area contributed by atoms with E-state index in [0.29, 0.717) is 24.4 Å². The molecule has 0 radical (unpaired) electrons. The third-order valence-electron chi connectivity index (χ3n) is 3.91. The molecule has 18 heavy (non-hydrogen) atoms. The molecule has 5 nitrogen and oxygen atoms in total. The van der Waals surface area contributed by atoms with Crippen LogP contribution < -0.4 is 0 Å². The average Bonchev–Trinajstić information content (AvgIpc) is 2.81. The molecule has 1 atom stereocenters. The standard InChI is InChI=1S/C12H19N3O2S/c1-5-8-9(18-14-13-8)10(16)15-6-11(2,3)12(4,17)7-15/h17H,5-7H2,1-4H3/t12-/m1/s1. The topological polar surface area (TPSA) is 66.3 Å². The summed E-state index contributed by atoms with van der Waals surface area (Å²) in [5.41, 5.74) is -0.408. The highest BCUT2D eigenvalue weighted by Gasteiger charge is 2.49. The second kappa shape index (κ2) is 4.28. The molecule has 2 rings (SSSR count). The van der Waals surface area contributed by atoms with Crippen molar-refractivity contribution in [3.05, 3.63) is 10.6 Å². The summed E-state index contributed by atoms with van der Waals surface area (Å²) in [6.07, 6.45) is 0.700. The summed E-state index contributed by atoms with van der Waals surface area (Å²) in [6.45, 7) is 8.61. The van der Waals surface area contributed by atoms with Gasteiger partial charge in [0.15, 0.2) is 0 Å². The smallest absolute Gasteiger partial charge is 0.267 e. The second-order valence-corrected chi connectivity index (χ2v) is 6.48. The molecule has 0 spiro atoms. The first-order valence-electron chi connectivity index (χ1n) is 6.11. The number of carbonyl (C=O) groups excluding carboxylic acids is 1. The van der Waals surface area contributed by atoms with Gasteiger partial charge in [0.1, 0.15) is 4.88 Å². The molecule has 2 heterocycles. The Labute approximate surface area is 111 Å². The van der Waals surface area contributed by atoms with Crippen molar-refractivity contribution in [2.24, 2.45) is 5.41 Å². The van der Waals surface area contributed by atoms with E-state index in [9.17, 15) is 9.90 Å². The van der Waals surface area contributed by atoms with Crippen LogP contribution >= 0.6 is 11.5 Å². The zero-order chi connectivity index (χ0) is 13.6. The van der Waals surface area contributed by atoms with Crippen molar-refractivity contribution >= 4 is 17.4 Å². The Bertz CT molecular complexity index is 452. The fraction of sp³-hybridized carbons (Fsp3) is 0.750. The fourth-order valence-corrected chi connectivity index (χ4v) is 2.90. The highest BCUT2D eigenvalue weighted by Crippen LogP contribution is 2.39. The minimum atomic E-state index is -0.854. The second-order valence-electron chi connectivity index (χ2n) is 5.72. The van der Waals surface area contributed by atoms with Crippen molar-refractivity contribution in [1.82, 2.24) is 14.5 Å². The summed E-state index contributed by atoms with van der Waals surface area (Å²) in [4.78, 5) is 14.7. The fourth-order valence-electron chi connectivity index (χ4n) is 2.18. The van der Waals surface area contributed by atoms with E-state index in [0.717, 1.165) is 17.2 Å². The summed E-state index contributed by atoms with van der Waals surface area (Å²) >= 11 is 1.14. The molecule has 1 N–H and O–H groups in total. The molecule has 1 fully saturated rings. The number of aromatic nitrogens is 2. The van der Waals surface area contributed by atoms with Crippen molar-refractivity contribution in [3.8, 4) is 0 Å². The van der Waals surface area contributed by atoms with Crippen molar-refractivity contribution in [3.63, 3.8) is 0 Å². The molecule has 1 amide bonds. The quantitative estimate of drug-likeness (QED) is 0.879. The van der Waals surface area contributed by atoms with Crippen molar-refractivity contribution in [2.45, 2.75) is 39.7 Å². The zero-order valence-corrected chi connectivity index (χ0v) is 12.0. The number of hydrogen-bond acceptors (Lipinski definition) is 5. The zero-order valence-electron chi connectivity index (χ0n) is 11.2. The van der Waals surface area contributed by atoms with Gasteiger partial charge in [-0.1, -0.05) is 25.3 Å². The highest BCUT2D eigenvalue weighted by molar-refractivity contribution is 7.08. The Morgan fingerprint density at radius 3 is 2.61 bits per heavy atom. The maximum atomic E-state index is 12.4. The van der Waals surface area contributed by atoms with Crippen molar-refractivity contribution in [1.29, 1.82) is 0 Å². The lowest BCUT2D eigenvalue weighted by atomic mass is 9.79. The summed E-state index contributed by atoms with van der Waals surface area (Å²) in [7, 11) is 0. The Kier molecular flexibility index (Phi) is 3.19. The number of aryl methyl sites for hydroxylation is 1. The van der Waals surface area contributed by atoms with Gasteiger partial charge in [0, 0.05) is 12.0 Å². The highest BCUT2D eigenvalue weighted by atomic mass is 32.1. The molecule has 1 saturated heterocycles. The van der Waals surface area contributed by atoms with Crippen molar-refractivity contribution in [2.75, 3.05) is 13.1 Å². The lowest BCUT2D eigenvalue weighted by molar-refractivity contribution is -0.0108. The normalized spacial score (nSPS) is 26.6. The average molecular weight is 269 g/mol. The molecule has 1 aliphatic heterocycles. The van der Waals surface area contributed by atoms with Gasteiger partial charge in [0.05, 0.1) is 17.8 Å². The first kappa shape index (κ1) is 13.4. The molecule has 100 valence electrons. The molecule has 0 saturated carbocycles. The van der Waals surface area contributed by atoms with Crippen LogP contribution in [0.1, 0.15) is 43.1 Å². The van der Waals surface area contributed by atoms with Crippen molar-refractivity contribution < 1.29 is 9.90 Å². The summed E-state index contributed by atoms with van der Waals surface area (Å²) < 4.78 is 3.84. The first-order chi connectivity index (χ1) is 8.28. The van der Waals surface area contributed by atoms with Crippen LogP contribution in [0.15, 0.2) is 0 Å². The molecule has 1 aromatic heterocycles. The van der Waals surface area contributed by atoms with Crippen LogP contribution in [0.4, 0.5) is 0 Å². The Morgan fingerprint density at radius 1 is 1.44 bits per heavy atom. The van der Waals surface area contributed by atoms with Gasteiger partial charge in [-0.05, 0) is 24.9 Å². The van der Waals surface area contributed by atoms with E-state index in [1.165, 1.54) is 0 Å². The summed E-state index contributed by atoms with van der Waals surface area (Å²) in [5, 5.41) is 14.3. The number of hydrogen-bond donors (Lipinski definition) is 1. The first-order valence-corrected chi connectivity index (χ1v) is 6.89. The number of β-amino-alcohol motifs (C(OH)–C–C–N with tert-alkyl or cyclic N) is 1. The van der Waals surface area contributed by atoms with Crippen LogP contribution in [-0.4, -0.2) is 44.2 Å².